The van der Waals surface area contributed by atoms with E-state index in [1.54, 1.807) is 12.4 Å². The first-order chi connectivity index (χ1) is 10.1. The summed E-state index contributed by atoms with van der Waals surface area (Å²) in [5.41, 5.74) is 0.328. The van der Waals surface area contributed by atoms with Gasteiger partial charge in [-0.3, -0.25) is 20.0 Å². The lowest BCUT2D eigenvalue weighted by atomic mass is 9.99. The molecular formula is C19H42N4. The quantitative estimate of drug-likeness (QED) is 0.572. The van der Waals surface area contributed by atoms with Crippen LogP contribution in [0, 0.1) is 10.8 Å². The van der Waals surface area contributed by atoms with Crippen molar-refractivity contribution in [3.8, 4) is 0 Å². The van der Waals surface area contributed by atoms with Crippen molar-refractivity contribution in [3.63, 3.8) is 0 Å². The van der Waals surface area contributed by atoms with E-state index in [1.807, 2.05) is 40.1 Å². The summed E-state index contributed by atoms with van der Waals surface area (Å²) in [4.78, 5) is 16.1. The van der Waals surface area contributed by atoms with Crippen LogP contribution in [-0.2, 0) is 0 Å². The van der Waals surface area contributed by atoms with Crippen LogP contribution in [0.2, 0.25) is 0 Å². The third-order valence-electron chi connectivity index (χ3n) is 1.65. The summed E-state index contributed by atoms with van der Waals surface area (Å²) in [6.07, 6.45) is 7.39. The first-order valence-corrected chi connectivity index (χ1v) is 8.03. The van der Waals surface area contributed by atoms with Crippen LogP contribution in [-0.4, -0.2) is 38.2 Å². The van der Waals surface area contributed by atoms with Gasteiger partial charge >= 0.3 is 0 Å². The van der Waals surface area contributed by atoms with Crippen LogP contribution in [0.4, 0.5) is 0 Å². The number of aliphatic imine (C=N–C) groups is 4. The van der Waals surface area contributed by atoms with Crippen LogP contribution in [0.1, 0.15) is 76.7 Å². The predicted octanol–water partition coefficient (Wildman–Crippen LogP) is 5.97. The Morgan fingerprint density at radius 1 is 0.609 bits per heavy atom. The van der Waals surface area contributed by atoms with E-state index in [0.29, 0.717) is 13.3 Å². The van der Waals surface area contributed by atoms with E-state index in [9.17, 15) is 0 Å². The van der Waals surface area contributed by atoms with Crippen molar-refractivity contribution in [3.05, 3.63) is 0 Å². The average Bonchev–Trinajstić information content (AvgIpc) is 2.39. The second-order valence-electron chi connectivity index (χ2n) is 6.52. The molecule has 4 nitrogen and oxygen atoms in total. The minimum atomic E-state index is 0. The fraction of sp³-hybridized carbons (Fsp3) is 0.789. The molecule has 0 aromatic rings. The lowest BCUT2D eigenvalue weighted by Gasteiger charge is -2.10. The van der Waals surface area contributed by atoms with Gasteiger partial charge in [0, 0.05) is 12.4 Å². The van der Waals surface area contributed by atoms with Crippen LogP contribution >= 0.6 is 0 Å². The number of hydrogen-bond acceptors (Lipinski definition) is 4. The molecular weight excluding hydrogens is 284 g/mol. The molecule has 0 aliphatic rings. The summed E-state index contributed by atoms with van der Waals surface area (Å²) in [5.74, 6) is 0. The number of hydrogen-bond donors (Lipinski definition) is 0. The summed E-state index contributed by atoms with van der Waals surface area (Å²) in [7, 11) is 0. The summed E-state index contributed by atoms with van der Waals surface area (Å²) in [5, 5.41) is 0. The van der Waals surface area contributed by atoms with E-state index in [2.05, 4.69) is 61.5 Å². The Hall–Kier alpha value is -1.32. The van der Waals surface area contributed by atoms with Gasteiger partial charge in [0.15, 0.2) is 0 Å². The Labute approximate surface area is 146 Å². The molecule has 138 valence electrons. The molecule has 0 fully saturated rings. The molecule has 0 bridgehead atoms. The van der Waals surface area contributed by atoms with E-state index >= 15 is 0 Å². The van der Waals surface area contributed by atoms with Crippen LogP contribution in [0.15, 0.2) is 20.0 Å². The zero-order valence-corrected chi connectivity index (χ0v) is 16.5. The highest BCUT2D eigenvalue weighted by Crippen LogP contribution is 2.09. The molecule has 0 unspecified atom stereocenters. The summed E-state index contributed by atoms with van der Waals surface area (Å²) in [6, 6.07) is 0. The molecule has 0 aromatic carbocycles. The SMILES string of the molecule is C.CC.CC(C)(C)C=NCN=CC(C)(C)C.CC=NCN=CC. The van der Waals surface area contributed by atoms with Gasteiger partial charge in [0.2, 0.25) is 0 Å². The van der Waals surface area contributed by atoms with Gasteiger partial charge in [0.1, 0.15) is 13.3 Å². The van der Waals surface area contributed by atoms with Crippen molar-refractivity contribution in [2.75, 3.05) is 13.3 Å². The van der Waals surface area contributed by atoms with Crippen LogP contribution in [0.25, 0.3) is 0 Å². The molecule has 0 aromatic heterocycles. The van der Waals surface area contributed by atoms with E-state index in [-0.39, 0.29) is 18.3 Å². The minimum absolute atomic E-state index is 0. The lowest BCUT2D eigenvalue weighted by Crippen LogP contribution is -2.07. The molecule has 0 aliphatic carbocycles. The highest BCUT2D eigenvalue weighted by atomic mass is 14.9. The van der Waals surface area contributed by atoms with Gasteiger partial charge < -0.3 is 0 Å². The summed E-state index contributed by atoms with van der Waals surface area (Å²) < 4.78 is 0. The molecule has 0 aliphatic heterocycles. The zero-order valence-electron chi connectivity index (χ0n) is 16.5. The Bertz CT molecular complexity index is 294. The maximum Gasteiger partial charge on any atom is 0.128 e. The van der Waals surface area contributed by atoms with Crippen molar-refractivity contribution >= 4 is 24.9 Å². The maximum absolute atomic E-state index is 4.22. The largest absolute Gasteiger partial charge is 0.274 e. The maximum atomic E-state index is 4.22. The molecule has 0 amide bonds. The molecule has 0 radical (unpaired) electrons. The van der Waals surface area contributed by atoms with E-state index < -0.39 is 0 Å². The van der Waals surface area contributed by atoms with E-state index in [0.717, 1.165) is 0 Å². The topological polar surface area (TPSA) is 49.4 Å². The molecule has 23 heavy (non-hydrogen) atoms. The number of nitrogens with zero attached hydrogens (tertiary/aromatic N) is 4. The Balaban J connectivity index is -0.000000154. The van der Waals surface area contributed by atoms with Gasteiger partial charge in [-0.2, -0.15) is 0 Å². The van der Waals surface area contributed by atoms with Crippen molar-refractivity contribution in [2.45, 2.75) is 76.7 Å². The van der Waals surface area contributed by atoms with Crippen molar-refractivity contribution < 1.29 is 0 Å². The standard InChI is InChI=1S/C11H22N2.C5H10N2.C2H6.CH4/c1-10(2,3)7-12-9-13-8-11(4,5)6;1-3-6-5-7-4-2;1-2;/h7-8H,9H2,1-6H3;3-4H,5H2,1-2H3;1-2H3;1H4. The first kappa shape index (κ1) is 29.7. The van der Waals surface area contributed by atoms with Gasteiger partial charge in [-0.25, -0.2) is 0 Å². The minimum Gasteiger partial charge on any atom is -0.274 e. The van der Waals surface area contributed by atoms with Gasteiger partial charge in [0.05, 0.1) is 0 Å². The van der Waals surface area contributed by atoms with Crippen LogP contribution < -0.4 is 0 Å². The molecule has 0 N–H and O–H groups in total. The smallest absolute Gasteiger partial charge is 0.128 e. The monoisotopic (exact) mass is 326 g/mol. The summed E-state index contributed by atoms with van der Waals surface area (Å²) in [6.45, 7) is 21.7. The van der Waals surface area contributed by atoms with Crippen molar-refractivity contribution in [2.24, 2.45) is 30.8 Å². The number of rotatable bonds is 4. The van der Waals surface area contributed by atoms with Crippen molar-refractivity contribution in [1.29, 1.82) is 0 Å². The molecule has 0 saturated heterocycles. The van der Waals surface area contributed by atoms with Crippen LogP contribution in [0.3, 0.4) is 0 Å². The highest BCUT2D eigenvalue weighted by molar-refractivity contribution is 5.65. The van der Waals surface area contributed by atoms with Gasteiger partial charge in [-0.1, -0.05) is 62.8 Å². The molecule has 0 saturated carbocycles. The average molecular weight is 327 g/mol. The Morgan fingerprint density at radius 3 is 1.09 bits per heavy atom. The predicted molar refractivity (Wildman–Crippen MR) is 112 cm³/mol. The molecule has 0 spiro atoms. The Morgan fingerprint density at radius 2 is 0.870 bits per heavy atom. The van der Waals surface area contributed by atoms with Crippen molar-refractivity contribution in [1.82, 2.24) is 0 Å². The molecule has 0 heterocycles. The molecule has 0 rings (SSSR count). The van der Waals surface area contributed by atoms with Gasteiger partial charge in [-0.05, 0) is 37.1 Å². The van der Waals surface area contributed by atoms with Gasteiger partial charge in [0.25, 0.3) is 0 Å². The molecule has 0 atom stereocenters. The fourth-order valence-corrected chi connectivity index (χ4v) is 0.887. The third-order valence-corrected chi connectivity index (χ3v) is 1.65. The fourth-order valence-electron chi connectivity index (χ4n) is 0.887. The zero-order chi connectivity index (χ0) is 18.1. The van der Waals surface area contributed by atoms with E-state index in [4.69, 9.17) is 0 Å². The second-order valence-corrected chi connectivity index (χ2v) is 6.52. The van der Waals surface area contributed by atoms with Gasteiger partial charge in [-0.15, -0.1) is 0 Å². The second kappa shape index (κ2) is 18.7. The highest BCUT2D eigenvalue weighted by Gasteiger charge is 2.05. The molecule has 4 heteroatoms. The first-order valence-electron chi connectivity index (χ1n) is 8.03. The van der Waals surface area contributed by atoms with Crippen LogP contribution in [0.5, 0.6) is 0 Å². The summed E-state index contributed by atoms with van der Waals surface area (Å²) >= 11 is 0. The lowest BCUT2D eigenvalue weighted by molar-refractivity contribution is 0.600. The third kappa shape index (κ3) is 44.9. The normalized spacial score (nSPS) is 12.1. The Kier molecular flexibility index (Phi) is 24.2. The van der Waals surface area contributed by atoms with E-state index in [1.165, 1.54) is 0 Å².